The number of aromatic nitrogens is 3. The van der Waals surface area contributed by atoms with Crippen LogP contribution in [0.25, 0.3) is 11.3 Å². The molecule has 0 aliphatic heterocycles. The first-order chi connectivity index (χ1) is 12.5. The van der Waals surface area contributed by atoms with Gasteiger partial charge in [0.1, 0.15) is 5.82 Å². The fraction of sp³-hybridized carbons (Fsp3) is 0.619. The zero-order chi connectivity index (χ0) is 18.9. The second-order valence-corrected chi connectivity index (χ2v) is 7.53. The van der Waals surface area contributed by atoms with Crippen LogP contribution in [0.4, 0.5) is 5.82 Å². The number of rotatable bonds is 11. The third-order valence-corrected chi connectivity index (χ3v) is 4.77. The number of H-pyrrole nitrogens is 1. The molecule has 0 aliphatic rings. The summed E-state index contributed by atoms with van der Waals surface area (Å²) in [6.07, 6.45) is 7.54. The highest BCUT2D eigenvalue weighted by Gasteiger charge is 2.12. The molecule has 2 heterocycles. The van der Waals surface area contributed by atoms with E-state index in [1.54, 1.807) is 0 Å². The summed E-state index contributed by atoms with van der Waals surface area (Å²) in [5.41, 5.74) is 3.41. The van der Waals surface area contributed by atoms with E-state index in [0.29, 0.717) is 5.92 Å². The van der Waals surface area contributed by atoms with Crippen molar-refractivity contribution in [2.75, 3.05) is 31.6 Å². The molecule has 0 bridgehead atoms. The molecule has 0 amide bonds. The van der Waals surface area contributed by atoms with Gasteiger partial charge in [-0.1, -0.05) is 27.2 Å². The summed E-state index contributed by atoms with van der Waals surface area (Å²) in [6, 6.07) is 4.29. The van der Waals surface area contributed by atoms with Crippen molar-refractivity contribution < 1.29 is 0 Å². The Labute approximate surface area is 158 Å². The molecule has 0 aromatic carbocycles. The van der Waals surface area contributed by atoms with Crippen LogP contribution in [-0.2, 0) is 6.54 Å². The number of pyridine rings is 1. The minimum absolute atomic E-state index is 0.709. The van der Waals surface area contributed by atoms with Gasteiger partial charge in [-0.3, -0.25) is 5.10 Å². The molecule has 0 spiro atoms. The maximum atomic E-state index is 4.72. The van der Waals surface area contributed by atoms with Gasteiger partial charge in [0.05, 0.1) is 11.9 Å². The Morgan fingerprint density at radius 2 is 1.92 bits per heavy atom. The van der Waals surface area contributed by atoms with Crippen molar-refractivity contribution >= 4 is 5.82 Å². The average molecular weight is 358 g/mol. The summed E-state index contributed by atoms with van der Waals surface area (Å²) >= 11 is 0. The maximum absolute atomic E-state index is 4.72. The van der Waals surface area contributed by atoms with Crippen molar-refractivity contribution in [3.05, 3.63) is 30.1 Å². The third-order valence-electron chi connectivity index (χ3n) is 4.77. The predicted octanol–water partition coefficient (Wildman–Crippen LogP) is 4.58. The summed E-state index contributed by atoms with van der Waals surface area (Å²) in [4.78, 5) is 9.41. The molecule has 144 valence electrons. The van der Waals surface area contributed by atoms with Crippen LogP contribution in [0.3, 0.4) is 0 Å². The second kappa shape index (κ2) is 10.3. The molecule has 2 rings (SSSR count). The molecular weight excluding hydrogens is 322 g/mol. The standard InChI is InChI=1S/C21H35N5/c1-6-8-12-25(5)16-19-15-23-24-21(19)18-9-10-20(22-14-18)26(7-2)13-11-17(3)4/h9-10,14-15,17H,6-8,11-13,16H2,1-5H3,(H,23,24). The van der Waals surface area contributed by atoms with Crippen LogP contribution >= 0.6 is 0 Å². The van der Waals surface area contributed by atoms with E-state index in [4.69, 9.17) is 4.98 Å². The van der Waals surface area contributed by atoms with Gasteiger partial charge in [0.25, 0.3) is 0 Å². The zero-order valence-corrected chi connectivity index (χ0v) is 17.1. The molecule has 2 aromatic heterocycles. The van der Waals surface area contributed by atoms with Crippen LogP contribution in [0.15, 0.2) is 24.5 Å². The van der Waals surface area contributed by atoms with Gasteiger partial charge in [-0.05, 0) is 51.4 Å². The van der Waals surface area contributed by atoms with E-state index in [2.05, 4.69) is 66.9 Å². The molecule has 5 heteroatoms. The smallest absolute Gasteiger partial charge is 0.128 e. The van der Waals surface area contributed by atoms with E-state index in [1.807, 2.05) is 12.4 Å². The topological polar surface area (TPSA) is 48.1 Å². The molecule has 0 saturated carbocycles. The molecule has 26 heavy (non-hydrogen) atoms. The number of nitrogens with zero attached hydrogens (tertiary/aromatic N) is 4. The van der Waals surface area contributed by atoms with Crippen molar-refractivity contribution in [2.45, 2.75) is 53.5 Å². The third kappa shape index (κ3) is 5.84. The number of aromatic amines is 1. The summed E-state index contributed by atoms with van der Waals surface area (Å²) in [6.45, 7) is 13.0. The molecular formula is C21H35N5. The van der Waals surface area contributed by atoms with Gasteiger partial charge < -0.3 is 9.80 Å². The minimum Gasteiger partial charge on any atom is -0.357 e. The summed E-state index contributed by atoms with van der Waals surface area (Å²) in [5, 5.41) is 7.42. The Morgan fingerprint density at radius 1 is 1.12 bits per heavy atom. The largest absolute Gasteiger partial charge is 0.357 e. The minimum atomic E-state index is 0.709. The summed E-state index contributed by atoms with van der Waals surface area (Å²) in [5.74, 6) is 1.76. The molecule has 0 fully saturated rings. The number of anilines is 1. The first-order valence-electron chi connectivity index (χ1n) is 9.97. The number of hydrogen-bond acceptors (Lipinski definition) is 4. The SMILES string of the molecule is CCCCN(C)Cc1cn[nH]c1-c1ccc(N(CC)CCC(C)C)nc1. The van der Waals surface area contributed by atoms with Crippen LogP contribution in [-0.4, -0.2) is 46.8 Å². The van der Waals surface area contributed by atoms with E-state index < -0.39 is 0 Å². The highest BCUT2D eigenvalue weighted by Crippen LogP contribution is 2.23. The quantitative estimate of drug-likeness (QED) is 0.640. The first-order valence-corrected chi connectivity index (χ1v) is 9.97. The van der Waals surface area contributed by atoms with Crippen molar-refractivity contribution in [3.63, 3.8) is 0 Å². The number of unbranched alkanes of at least 4 members (excludes halogenated alkanes) is 1. The molecule has 5 nitrogen and oxygen atoms in total. The average Bonchev–Trinajstić information content (AvgIpc) is 3.08. The van der Waals surface area contributed by atoms with Gasteiger partial charge in [0, 0.05) is 37.0 Å². The van der Waals surface area contributed by atoms with Gasteiger partial charge in [0.2, 0.25) is 0 Å². The Kier molecular flexibility index (Phi) is 8.10. The lowest BCUT2D eigenvalue weighted by Gasteiger charge is -2.23. The van der Waals surface area contributed by atoms with Gasteiger partial charge in [-0.25, -0.2) is 4.98 Å². The second-order valence-electron chi connectivity index (χ2n) is 7.53. The molecule has 0 unspecified atom stereocenters. The monoisotopic (exact) mass is 357 g/mol. The zero-order valence-electron chi connectivity index (χ0n) is 17.1. The predicted molar refractivity (Wildman–Crippen MR) is 110 cm³/mol. The van der Waals surface area contributed by atoms with Crippen LogP contribution in [0, 0.1) is 5.92 Å². The molecule has 0 aliphatic carbocycles. The van der Waals surface area contributed by atoms with Gasteiger partial charge in [-0.2, -0.15) is 5.10 Å². The van der Waals surface area contributed by atoms with Crippen molar-refractivity contribution in [2.24, 2.45) is 5.92 Å². The van der Waals surface area contributed by atoms with Gasteiger partial charge in [-0.15, -0.1) is 0 Å². The molecule has 1 N–H and O–H groups in total. The van der Waals surface area contributed by atoms with Crippen LogP contribution in [0.2, 0.25) is 0 Å². The highest BCUT2D eigenvalue weighted by atomic mass is 15.2. The molecule has 0 atom stereocenters. The summed E-state index contributed by atoms with van der Waals surface area (Å²) in [7, 11) is 2.17. The van der Waals surface area contributed by atoms with E-state index in [0.717, 1.165) is 43.3 Å². The Bertz CT molecular complexity index is 632. The lowest BCUT2D eigenvalue weighted by atomic mass is 10.1. The van der Waals surface area contributed by atoms with E-state index in [-0.39, 0.29) is 0 Å². The van der Waals surface area contributed by atoms with Crippen molar-refractivity contribution in [3.8, 4) is 11.3 Å². The van der Waals surface area contributed by atoms with E-state index in [9.17, 15) is 0 Å². The van der Waals surface area contributed by atoms with Crippen LogP contribution in [0.5, 0.6) is 0 Å². The van der Waals surface area contributed by atoms with E-state index in [1.165, 1.54) is 24.8 Å². The Hall–Kier alpha value is -1.88. The lowest BCUT2D eigenvalue weighted by molar-refractivity contribution is 0.321. The van der Waals surface area contributed by atoms with Crippen molar-refractivity contribution in [1.82, 2.24) is 20.1 Å². The fourth-order valence-corrected chi connectivity index (χ4v) is 3.05. The number of hydrogen-bond donors (Lipinski definition) is 1. The molecule has 2 aromatic rings. The van der Waals surface area contributed by atoms with Gasteiger partial charge in [0.15, 0.2) is 0 Å². The Morgan fingerprint density at radius 3 is 2.54 bits per heavy atom. The Balaban J connectivity index is 2.07. The van der Waals surface area contributed by atoms with Crippen LogP contribution in [0.1, 0.15) is 52.5 Å². The van der Waals surface area contributed by atoms with E-state index >= 15 is 0 Å². The maximum Gasteiger partial charge on any atom is 0.128 e. The van der Waals surface area contributed by atoms with Gasteiger partial charge >= 0.3 is 0 Å². The van der Waals surface area contributed by atoms with Crippen molar-refractivity contribution in [1.29, 1.82) is 0 Å². The summed E-state index contributed by atoms with van der Waals surface area (Å²) < 4.78 is 0. The molecule has 0 radical (unpaired) electrons. The molecule has 0 saturated heterocycles. The number of nitrogens with one attached hydrogen (secondary N) is 1. The fourth-order valence-electron chi connectivity index (χ4n) is 3.05. The highest BCUT2D eigenvalue weighted by molar-refractivity contribution is 5.63. The van der Waals surface area contributed by atoms with Crippen LogP contribution < -0.4 is 4.90 Å². The normalized spacial score (nSPS) is 11.5. The first kappa shape index (κ1) is 20.4. The lowest BCUT2D eigenvalue weighted by Crippen LogP contribution is -2.25.